The standard InChI is InChI=1S/C19H28N4/c1-14(2)23-9-6-16(7-10-23)11-17-5-8-20-18(12-17)19-13-21-15(3)22(19)4/h5,8,12-14,16H,6-7,9-11H2,1-4H3. The fourth-order valence-electron chi connectivity index (χ4n) is 3.49. The van der Waals surface area contributed by atoms with Crippen LogP contribution in [0.3, 0.4) is 0 Å². The number of hydrogen-bond donors (Lipinski definition) is 0. The minimum absolute atomic E-state index is 0.677. The van der Waals surface area contributed by atoms with Gasteiger partial charge in [0.1, 0.15) is 5.82 Å². The lowest BCUT2D eigenvalue weighted by molar-refractivity contribution is 0.149. The van der Waals surface area contributed by atoms with Crippen LogP contribution in [0.25, 0.3) is 11.4 Å². The molecule has 0 atom stereocenters. The van der Waals surface area contributed by atoms with Crippen molar-refractivity contribution in [2.45, 2.75) is 46.1 Å². The number of hydrogen-bond acceptors (Lipinski definition) is 3. The fourth-order valence-corrected chi connectivity index (χ4v) is 3.49. The summed E-state index contributed by atoms with van der Waals surface area (Å²) in [5, 5.41) is 0. The summed E-state index contributed by atoms with van der Waals surface area (Å²) < 4.78 is 2.10. The third kappa shape index (κ3) is 3.63. The Bertz CT molecular complexity index is 651. The molecule has 1 aliphatic rings. The molecule has 23 heavy (non-hydrogen) atoms. The molecule has 4 heteroatoms. The molecular weight excluding hydrogens is 284 g/mol. The average Bonchev–Trinajstić information content (AvgIpc) is 2.88. The quantitative estimate of drug-likeness (QED) is 0.867. The Morgan fingerprint density at radius 1 is 1.22 bits per heavy atom. The Labute approximate surface area is 139 Å². The molecule has 3 heterocycles. The lowest BCUT2D eigenvalue weighted by atomic mass is 9.90. The van der Waals surface area contributed by atoms with E-state index in [4.69, 9.17) is 0 Å². The van der Waals surface area contributed by atoms with E-state index in [0.29, 0.717) is 6.04 Å². The van der Waals surface area contributed by atoms with Gasteiger partial charge in [-0.3, -0.25) is 4.98 Å². The molecule has 4 nitrogen and oxygen atoms in total. The summed E-state index contributed by atoms with van der Waals surface area (Å²) >= 11 is 0. The number of aromatic nitrogens is 3. The third-order valence-corrected chi connectivity index (χ3v) is 5.21. The summed E-state index contributed by atoms with van der Waals surface area (Å²) in [4.78, 5) is 11.5. The van der Waals surface area contributed by atoms with E-state index < -0.39 is 0 Å². The molecule has 1 saturated heterocycles. The summed E-state index contributed by atoms with van der Waals surface area (Å²) in [5.41, 5.74) is 3.53. The van der Waals surface area contributed by atoms with Crippen LogP contribution in [0.1, 0.15) is 38.1 Å². The van der Waals surface area contributed by atoms with E-state index in [0.717, 1.165) is 29.6 Å². The molecule has 0 radical (unpaired) electrons. The highest BCUT2D eigenvalue weighted by molar-refractivity contribution is 5.55. The molecule has 0 amide bonds. The maximum absolute atomic E-state index is 4.54. The third-order valence-electron chi connectivity index (χ3n) is 5.21. The van der Waals surface area contributed by atoms with Crippen LogP contribution >= 0.6 is 0 Å². The molecule has 124 valence electrons. The number of rotatable bonds is 4. The highest BCUT2D eigenvalue weighted by atomic mass is 15.1. The van der Waals surface area contributed by atoms with Crippen LogP contribution in [-0.2, 0) is 13.5 Å². The highest BCUT2D eigenvalue weighted by Crippen LogP contribution is 2.25. The average molecular weight is 312 g/mol. The molecule has 0 unspecified atom stereocenters. The van der Waals surface area contributed by atoms with Crippen LogP contribution in [0.15, 0.2) is 24.5 Å². The van der Waals surface area contributed by atoms with Crippen LogP contribution in [0.4, 0.5) is 0 Å². The van der Waals surface area contributed by atoms with Gasteiger partial charge >= 0.3 is 0 Å². The van der Waals surface area contributed by atoms with Gasteiger partial charge in [0.25, 0.3) is 0 Å². The van der Waals surface area contributed by atoms with Gasteiger partial charge in [0.15, 0.2) is 0 Å². The van der Waals surface area contributed by atoms with E-state index in [1.54, 1.807) is 0 Å². The molecule has 3 rings (SSSR count). The number of imidazole rings is 1. The molecule has 0 aromatic carbocycles. The van der Waals surface area contributed by atoms with E-state index in [-0.39, 0.29) is 0 Å². The van der Waals surface area contributed by atoms with Gasteiger partial charge in [-0.2, -0.15) is 0 Å². The van der Waals surface area contributed by atoms with E-state index in [2.05, 4.69) is 45.4 Å². The van der Waals surface area contributed by atoms with Gasteiger partial charge in [0.05, 0.1) is 17.6 Å². The second kappa shape index (κ2) is 6.83. The highest BCUT2D eigenvalue weighted by Gasteiger charge is 2.21. The number of likely N-dealkylation sites (tertiary alicyclic amines) is 1. The van der Waals surface area contributed by atoms with E-state index in [1.807, 2.05) is 26.4 Å². The van der Waals surface area contributed by atoms with Crippen LogP contribution in [0, 0.1) is 12.8 Å². The predicted molar refractivity (Wildman–Crippen MR) is 94.3 cm³/mol. The lowest BCUT2D eigenvalue weighted by Gasteiger charge is -2.34. The summed E-state index contributed by atoms with van der Waals surface area (Å²) in [7, 11) is 2.05. The van der Waals surface area contributed by atoms with E-state index >= 15 is 0 Å². The number of piperidine rings is 1. The van der Waals surface area contributed by atoms with Crippen molar-refractivity contribution in [3.05, 3.63) is 35.9 Å². The number of aryl methyl sites for hydroxylation is 1. The van der Waals surface area contributed by atoms with Crippen LogP contribution < -0.4 is 0 Å². The monoisotopic (exact) mass is 312 g/mol. The van der Waals surface area contributed by atoms with Crippen molar-refractivity contribution in [2.75, 3.05) is 13.1 Å². The Balaban J connectivity index is 1.68. The molecule has 0 aliphatic carbocycles. The second-order valence-electron chi connectivity index (χ2n) is 7.08. The molecule has 0 bridgehead atoms. The van der Waals surface area contributed by atoms with E-state index in [1.165, 1.54) is 31.5 Å². The van der Waals surface area contributed by atoms with Gasteiger partial charge in [-0.05, 0) is 76.7 Å². The lowest BCUT2D eigenvalue weighted by Crippen LogP contribution is -2.38. The molecule has 0 N–H and O–H groups in total. The normalized spacial score (nSPS) is 17.1. The van der Waals surface area contributed by atoms with Crippen LogP contribution in [0.2, 0.25) is 0 Å². The van der Waals surface area contributed by atoms with Gasteiger partial charge in [-0.1, -0.05) is 0 Å². The molecule has 0 spiro atoms. The van der Waals surface area contributed by atoms with Crippen molar-refractivity contribution in [3.8, 4) is 11.4 Å². The van der Waals surface area contributed by atoms with Gasteiger partial charge in [-0.25, -0.2) is 4.98 Å². The zero-order chi connectivity index (χ0) is 16.4. The second-order valence-corrected chi connectivity index (χ2v) is 7.08. The first-order valence-electron chi connectivity index (χ1n) is 8.72. The summed E-state index contributed by atoms with van der Waals surface area (Å²) in [6.07, 6.45) is 7.64. The largest absolute Gasteiger partial charge is 0.330 e. The Hall–Kier alpha value is -1.68. The van der Waals surface area contributed by atoms with Gasteiger partial charge in [-0.15, -0.1) is 0 Å². The first-order chi connectivity index (χ1) is 11.0. The van der Waals surface area contributed by atoms with Gasteiger partial charge in [0.2, 0.25) is 0 Å². The first-order valence-corrected chi connectivity index (χ1v) is 8.72. The zero-order valence-electron chi connectivity index (χ0n) is 14.8. The Morgan fingerprint density at radius 3 is 2.57 bits per heavy atom. The molecule has 0 saturated carbocycles. The topological polar surface area (TPSA) is 34.0 Å². The van der Waals surface area contributed by atoms with Crippen molar-refractivity contribution in [2.24, 2.45) is 13.0 Å². The smallest absolute Gasteiger partial charge is 0.105 e. The van der Waals surface area contributed by atoms with Gasteiger partial charge in [0, 0.05) is 19.3 Å². The Kier molecular flexibility index (Phi) is 4.81. The SMILES string of the molecule is Cc1ncc(-c2cc(CC3CCN(C(C)C)CC3)ccn2)n1C. The fraction of sp³-hybridized carbons (Fsp3) is 0.579. The van der Waals surface area contributed by atoms with Crippen molar-refractivity contribution in [1.82, 2.24) is 19.4 Å². The van der Waals surface area contributed by atoms with Crippen LogP contribution in [-0.4, -0.2) is 38.6 Å². The number of nitrogens with zero attached hydrogens (tertiary/aromatic N) is 4. The maximum Gasteiger partial charge on any atom is 0.105 e. The molecular formula is C19H28N4. The van der Waals surface area contributed by atoms with Crippen molar-refractivity contribution in [3.63, 3.8) is 0 Å². The molecule has 2 aromatic rings. The number of pyridine rings is 1. The zero-order valence-corrected chi connectivity index (χ0v) is 14.8. The first kappa shape index (κ1) is 16.2. The summed E-state index contributed by atoms with van der Waals surface area (Å²) in [6.45, 7) is 9.09. The minimum Gasteiger partial charge on any atom is -0.330 e. The molecule has 2 aromatic heterocycles. The summed E-state index contributed by atoms with van der Waals surface area (Å²) in [5.74, 6) is 1.82. The van der Waals surface area contributed by atoms with Gasteiger partial charge < -0.3 is 9.47 Å². The van der Waals surface area contributed by atoms with E-state index in [9.17, 15) is 0 Å². The Morgan fingerprint density at radius 2 is 1.96 bits per heavy atom. The van der Waals surface area contributed by atoms with Crippen LogP contribution in [0.5, 0.6) is 0 Å². The van der Waals surface area contributed by atoms with Crippen molar-refractivity contribution < 1.29 is 0 Å². The molecule has 1 aliphatic heterocycles. The molecule has 1 fully saturated rings. The van der Waals surface area contributed by atoms with Crippen molar-refractivity contribution in [1.29, 1.82) is 0 Å². The van der Waals surface area contributed by atoms with Crippen molar-refractivity contribution >= 4 is 0 Å². The summed E-state index contributed by atoms with van der Waals surface area (Å²) in [6, 6.07) is 5.09. The minimum atomic E-state index is 0.677. The predicted octanol–water partition coefficient (Wildman–Crippen LogP) is 3.45. The maximum atomic E-state index is 4.54.